The lowest BCUT2D eigenvalue weighted by molar-refractivity contribution is 0.397. The fourth-order valence-electron chi connectivity index (χ4n) is 3.86. The molecule has 1 atom stereocenters. The molecule has 3 aromatic rings. The summed E-state index contributed by atoms with van der Waals surface area (Å²) < 4.78 is 30.7. The van der Waals surface area contributed by atoms with Gasteiger partial charge in [-0.2, -0.15) is 0 Å². The first-order valence-corrected chi connectivity index (χ1v) is 12.1. The van der Waals surface area contributed by atoms with Gasteiger partial charge in [0.25, 0.3) is 5.56 Å². The lowest BCUT2D eigenvalue weighted by atomic mass is 9.82. The number of aromatic nitrogens is 1. The van der Waals surface area contributed by atoms with Crippen LogP contribution in [0.25, 0.3) is 11.1 Å². The van der Waals surface area contributed by atoms with Crippen molar-refractivity contribution in [3.05, 3.63) is 87.8 Å². The van der Waals surface area contributed by atoms with E-state index in [1.807, 2.05) is 42.5 Å². The molecule has 0 spiro atoms. The van der Waals surface area contributed by atoms with Gasteiger partial charge in [0.15, 0.2) is 0 Å². The Kier molecular flexibility index (Phi) is 6.91. The summed E-state index contributed by atoms with van der Waals surface area (Å²) in [5.41, 5.74) is 3.17. The zero-order valence-corrected chi connectivity index (χ0v) is 19.7. The van der Waals surface area contributed by atoms with Crippen molar-refractivity contribution in [1.82, 2.24) is 4.98 Å². The number of ether oxygens (including phenoxy) is 1. The molecule has 32 heavy (non-hydrogen) atoms. The number of sulfonamides is 1. The number of rotatable bonds is 7. The van der Waals surface area contributed by atoms with Crippen LogP contribution in [0.1, 0.15) is 37.5 Å². The third-order valence-corrected chi connectivity index (χ3v) is 6.82. The van der Waals surface area contributed by atoms with Crippen LogP contribution in [0.4, 0.5) is 0 Å². The van der Waals surface area contributed by atoms with Gasteiger partial charge in [-0.3, -0.25) is 4.79 Å². The number of benzene rings is 2. The van der Waals surface area contributed by atoms with Gasteiger partial charge < -0.3 is 9.72 Å². The number of nitrogens with two attached hydrogens (primary N) is 1. The fraction of sp³-hybridized carbons (Fsp3) is 0.320. The molecule has 1 unspecified atom stereocenters. The van der Waals surface area contributed by atoms with E-state index < -0.39 is 15.3 Å². The Morgan fingerprint density at radius 3 is 2.25 bits per heavy atom. The predicted octanol–water partition coefficient (Wildman–Crippen LogP) is 3.79. The second-order valence-corrected chi connectivity index (χ2v) is 10.8. The van der Waals surface area contributed by atoms with Gasteiger partial charge in [-0.05, 0) is 59.2 Å². The lowest BCUT2D eigenvalue weighted by Gasteiger charge is -2.25. The quantitative estimate of drug-likeness (QED) is 0.567. The molecule has 1 heterocycles. The summed E-state index contributed by atoms with van der Waals surface area (Å²) >= 11 is 0. The molecule has 0 aliphatic heterocycles. The van der Waals surface area contributed by atoms with Gasteiger partial charge >= 0.3 is 0 Å². The van der Waals surface area contributed by atoms with Crippen LogP contribution < -0.4 is 15.4 Å². The molecule has 6 nitrogen and oxygen atoms in total. The number of aromatic amines is 1. The highest BCUT2D eigenvalue weighted by atomic mass is 32.2. The van der Waals surface area contributed by atoms with Gasteiger partial charge in [-0.25, -0.2) is 13.6 Å². The van der Waals surface area contributed by atoms with Crippen molar-refractivity contribution < 1.29 is 13.2 Å². The lowest BCUT2D eigenvalue weighted by Crippen LogP contribution is -2.32. The Bertz CT molecular complexity index is 1240. The van der Waals surface area contributed by atoms with E-state index >= 15 is 0 Å². The van der Waals surface area contributed by atoms with Crippen molar-refractivity contribution in [3.63, 3.8) is 0 Å². The van der Waals surface area contributed by atoms with Gasteiger partial charge in [0, 0.05) is 17.3 Å². The van der Waals surface area contributed by atoms with Crippen LogP contribution in [0.5, 0.6) is 5.75 Å². The first kappa shape index (κ1) is 23.8. The van der Waals surface area contributed by atoms with E-state index in [9.17, 15) is 13.2 Å². The predicted molar refractivity (Wildman–Crippen MR) is 128 cm³/mol. The Hall–Kier alpha value is -2.90. The van der Waals surface area contributed by atoms with Gasteiger partial charge in [0.2, 0.25) is 10.0 Å². The first-order valence-electron chi connectivity index (χ1n) is 10.5. The normalized spacial score (nSPS) is 13.0. The summed E-state index contributed by atoms with van der Waals surface area (Å²) in [6, 6.07) is 16.6. The number of hydrogen-bond donors (Lipinski definition) is 2. The van der Waals surface area contributed by atoms with Crippen molar-refractivity contribution in [2.24, 2.45) is 5.14 Å². The number of pyridine rings is 1. The minimum absolute atomic E-state index is 0.151. The fourth-order valence-corrected chi connectivity index (χ4v) is 4.69. The minimum atomic E-state index is -3.86. The smallest absolute Gasteiger partial charge is 0.255 e. The molecule has 7 heteroatoms. The maximum atomic E-state index is 12.6. The van der Waals surface area contributed by atoms with Crippen LogP contribution in [0.15, 0.2) is 65.6 Å². The van der Waals surface area contributed by atoms with Crippen molar-refractivity contribution in [3.8, 4) is 16.9 Å². The van der Waals surface area contributed by atoms with Gasteiger partial charge in [0.05, 0.1) is 12.4 Å². The standard InChI is InChI=1S/C25H30N2O4S/c1-25(2,3)22-16-21(20-11-8-12-27-24(20)28)18(15-23(22)31-4)14-19(32(26,29)30)13-17-9-6-5-7-10-17/h5-12,15-16,19H,13-14H2,1-4H3,(H,27,28)(H2,26,29,30). The van der Waals surface area contributed by atoms with Crippen molar-refractivity contribution >= 4 is 10.0 Å². The van der Waals surface area contributed by atoms with Gasteiger partial charge in [-0.15, -0.1) is 0 Å². The highest BCUT2D eigenvalue weighted by Crippen LogP contribution is 2.37. The molecule has 0 aliphatic carbocycles. The van der Waals surface area contributed by atoms with Crippen LogP contribution >= 0.6 is 0 Å². The molecule has 0 saturated carbocycles. The van der Waals surface area contributed by atoms with Gasteiger partial charge in [0.1, 0.15) is 5.75 Å². The topological polar surface area (TPSA) is 102 Å². The Morgan fingerprint density at radius 2 is 1.69 bits per heavy atom. The number of hydrogen-bond acceptors (Lipinski definition) is 4. The van der Waals surface area contributed by atoms with E-state index in [0.29, 0.717) is 22.4 Å². The average Bonchev–Trinajstić information content (AvgIpc) is 2.73. The first-order chi connectivity index (χ1) is 15.0. The summed E-state index contributed by atoms with van der Waals surface area (Å²) in [5, 5.41) is 4.79. The second-order valence-electron chi connectivity index (χ2n) is 8.98. The molecule has 170 valence electrons. The molecule has 0 radical (unpaired) electrons. The maximum absolute atomic E-state index is 12.6. The molecule has 0 bridgehead atoms. The van der Waals surface area contributed by atoms with Crippen molar-refractivity contribution in [2.45, 2.75) is 44.3 Å². The highest BCUT2D eigenvalue weighted by Gasteiger charge is 2.27. The third-order valence-electron chi connectivity index (χ3n) is 5.56. The minimum Gasteiger partial charge on any atom is -0.496 e. The molecule has 0 saturated heterocycles. The molecule has 3 N–H and O–H groups in total. The molecular formula is C25H30N2O4S. The third kappa shape index (κ3) is 5.47. The molecule has 2 aromatic carbocycles. The van der Waals surface area contributed by atoms with Crippen LogP contribution in [0, 0.1) is 0 Å². The van der Waals surface area contributed by atoms with E-state index in [4.69, 9.17) is 9.88 Å². The largest absolute Gasteiger partial charge is 0.496 e. The van der Waals surface area contributed by atoms with Crippen LogP contribution in [0.3, 0.4) is 0 Å². The zero-order valence-electron chi connectivity index (χ0n) is 18.9. The summed E-state index contributed by atoms with van der Waals surface area (Å²) in [4.78, 5) is 15.3. The van der Waals surface area contributed by atoms with Gasteiger partial charge in [-0.1, -0.05) is 51.1 Å². The number of methoxy groups -OCH3 is 1. The monoisotopic (exact) mass is 454 g/mol. The molecule has 0 amide bonds. The SMILES string of the molecule is COc1cc(CC(Cc2ccccc2)S(N)(=O)=O)c(-c2ccc[nH]c2=O)cc1C(C)(C)C. The van der Waals surface area contributed by atoms with E-state index in [1.165, 1.54) is 0 Å². The molecule has 3 rings (SSSR count). The van der Waals surface area contributed by atoms with Crippen molar-refractivity contribution in [2.75, 3.05) is 7.11 Å². The Morgan fingerprint density at radius 1 is 1.00 bits per heavy atom. The number of primary sulfonamides is 1. The second kappa shape index (κ2) is 9.30. The van der Waals surface area contributed by atoms with Crippen molar-refractivity contribution in [1.29, 1.82) is 0 Å². The average molecular weight is 455 g/mol. The highest BCUT2D eigenvalue weighted by molar-refractivity contribution is 7.89. The number of nitrogens with one attached hydrogen (secondary N) is 1. The summed E-state index contributed by atoms with van der Waals surface area (Å²) in [6.07, 6.45) is 1.99. The zero-order chi connectivity index (χ0) is 23.5. The Labute approximate surface area is 189 Å². The maximum Gasteiger partial charge on any atom is 0.255 e. The summed E-state index contributed by atoms with van der Waals surface area (Å²) in [6.45, 7) is 6.18. The van der Waals surface area contributed by atoms with Crippen LogP contribution in [-0.4, -0.2) is 25.8 Å². The summed E-state index contributed by atoms with van der Waals surface area (Å²) in [5.74, 6) is 0.650. The van der Waals surface area contributed by atoms with Crippen LogP contribution in [0.2, 0.25) is 0 Å². The molecule has 1 aromatic heterocycles. The molecule has 0 aliphatic rings. The summed E-state index contributed by atoms with van der Waals surface area (Å²) in [7, 11) is -2.27. The molecular weight excluding hydrogens is 424 g/mol. The van der Waals surface area contributed by atoms with E-state index in [2.05, 4.69) is 25.8 Å². The van der Waals surface area contributed by atoms with E-state index in [0.717, 1.165) is 11.1 Å². The van der Waals surface area contributed by atoms with E-state index in [1.54, 1.807) is 25.4 Å². The van der Waals surface area contributed by atoms with E-state index in [-0.39, 0.29) is 23.8 Å². The number of H-pyrrole nitrogens is 1. The Balaban J connectivity index is 2.19. The van der Waals surface area contributed by atoms with Crippen LogP contribution in [-0.2, 0) is 28.3 Å². The molecule has 0 fully saturated rings.